The van der Waals surface area contributed by atoms with Gasteiger partial charge in [0.1, 0.15) is 6.33 Å². The molecule has 4 heterocycles. The first-order valence-electron chi connectivity index (χ1n) is 7.17. The van der Waals surface area contributed by atoms with E-state index in [1.165, 1.54) is 12.7 Å². The van der Waals surface area contributed by atoms with Crippen LogP contribution in [0.1, 0.15) is 30.3 Å². The standard InChI is InChI=1S/C15H16N6/c1-10-5-14(11-7-16-9-17-8-11)21-15(19-10)6-13(20-21)12-3-2-4-18-12/h5-9,12,18H,2-4H2,1H3. The van der Waals surface area contributed by atoms with Gasteiger partial charge in [-0.1, -0.05) is 0 Å². The van der Waals surface area contributed by atoms with Crippen LogP contribution in [0.4, 0.5) is 0 Å². The zero-order chi connectivity index (χ0) is 14.2. The Balaban J connectivity index is 1.89. The molecule has 0 bridgehead atoms. The van der Waals surface area contributed by atoms with Gasteiger partial charge in [-0.3, -0.25) is 0 Å². The van der Waals surface area contributed by atoms with Crippen molar-refractivity contribution in [1.82, 2.24) is 29.9 Å². The van der Waals surface area contributed by atoms with Crippen molar-refractivity contribution >= 4 is 5.65 Å². The number of nitrogens with zero attached hydrogens (tertiary/aromatic N) is 5. The maximum absolute atomic E-state index is 4.75. The fourth-order valence-electron chi connectivity index (χ4n) is 2.86. The van der Waals surface area contributed by atoms with Gasteiger partial charge in [0.15, 0.2) is 5.65 Å². The van der Waals surface area contributed by atoms with Gasteiger partial charge < -0.3 is 5.32 Å². The minimum Gasteiger partial charge on any atom is -0.309 e. The summed E-state index contributed by atoms with van der Waals surface area (Å²) in [6.07, 6.45) is 7.47. The van der Waals surface area contributed by atoms with Crippen molar-refractivity contribution in [2.24, 2.45) is 0 Å². The summed E-state index contributed by atoms with van der Waals surface area (Å²) in [5.41, 5.74) is 4.82. The zero-order valence-corrected chi connectivity index (χ0v) is 11.8. The number of aromatic nitrogens is 5. The van der Waals surface area contributed by atoms with Crippen LogP contribution < -0.4 is 5.32 Å². The lowest BCUT2D eigenvalue weighted by Crippen LogP contribution is -2.13. The predicted octanol–water partition coefficient (Wildman–Crippen LogP) is 1.92. The first-order chi connectivity index (χ1) is 10.3. The number of fused-ring (bicyclic) bond motifs is 1. The van der Waals surface area contributed by atoms with Gasteiger partial charge in [-0.05, 0) is 32.4 Å². The molecule has 6 heteroatoms. The second-order valence-electron chi connectivity index (χ2n) is 5.40. The molecule has 21 heavy (non-hydrogen) atoms. The third-order valence-corrected chi connectivity index (χ3v) is 3.85. The molecular formula is C15H16N6. The topological polar surface area (TPSA) is 68.0 Å². The van der Waals surface area contributed by atoms with Gasteiger partial charge in [0.25, 0.3) is 0 Å². The Bertz CT molecular complexity index is 773. The van der Waals surface area contributed by atoms with E-state index < -0.39 is 0 Å². The number of rotatable bonds is 2. The lowest BCUT2D eigenvalue weighted by Gasteiger charge is -2.06. The molecule has 1 fully saturated rings. The van der Waals surface area contributed by atoms with E-state index in [0.717, 1.165) is 41.3 Å². The molecule has 0 spiro atoms. The summed E-state index contributed by atoms with van der Waals surface area (Å²) in [4.78, 5) is 12.8. The van der Waals surface area contributed by atoms with Crippen molar-refractivity contribution in [3.63, 3.8) is 0 Å². The molecule has 6 nitrogen and oxygen atoms in total. The molecule has 0 amide bonds. The van der Waals surface area contributed by atoms with Crippen molar-refractivity contribution in [2.45, 2.75) is 25.8 Å². The summed E-state index contributed by atoms with van der Waals surface area (Å²) in [5, 5.41) is 8.23. The minimum atomic E-state index is 0.340. The van der Waals surface area contributed by atoms with Crippen LogP contribution in [-0.4, -0.2) is 31.1 Å². The first-order valence-corrected chi connectivity index (χ1v) is 7.17. The fourth-order valence-corrected chi connectivity index (χ4v) is 2.86. The van der Waals surface area contributed by atoms with Gasteiger partial charge in [-0.2, -0.15) is 5.10 Å². The Morgan fingerprint density at radius 1 is 1.24 bits per heavy atom. The molecule has 1 unspecified atom stereocenters. The highest BCUT2D eigenvalue weighted by atomic mass is 15.3. The maximum atomic E-state index is 4.75. The van der Waals surface area contributed by atoms with Crippen molar-refractivity contribution in [3.8, 4) is 11.3 Å². The molecular weight excluding hydrogens is 264 g/mol. The molecule has 1 atom stereocenters. The van der Waals surface area contributed by atoms with Gasteiger partial charge in [0.05, 0.1) is 17.4 Å². The molecule has 106 valence electrons. The molecule has 1 saturated heterocycles. The third kappa shape index (κ3) is 2.17. The minimum absolute atomic E-state index is 0.340. The van der Waals surface area contributed by atoms with E-state index in [4.69, 9.17) is 5.10 Å². The van der Waals surface area contributed by atoms with Crippen molar-refractivity contribution < 1.29 is 0 Å². The second-order valence-corrected chi connectivity index (χ2v) is 5.40. The molecule has 3 aromatic heterocycles. The summed E-state index contributed by atoms with van der Waals surface area (Å²) < 4.78 is 1.89. The van der Waals surface area contributed by atoms with Crippen LogP contribution in [0, 0.1) is 6.92 Å². The van der Waals surface area contributed by atoms with E-state index in [1.807, 2.05) is 17.5 Å². The lowest BCUT2D eigenvalue weighted by atomic mass is 10.2. The molecule has 3 aromatic rings. The summed E-state index contributed by atoms with van der Waals surface area (Å²) in [6, 6.07) is 4.43. The number of aryl methyl sites for hydroxylation is 1. The van der Waals surface area contributed by atoms with Crippen molar-refractivity contribution in [2.75, 3.05) is 6.54 Å². The molecule has 0 saturated carbocycles. The Labute approximate surface area is 122 Å². The van der Waals surface area contributed by atoms with Gasteiger partial charge in [-0.25, -0.2) is 19.5 Å². The van der Waals surface area contributed by atoms with E-state index in [0.29, 0.717) is 6.04 Å². The largest absolute Gasteiger partial charge is 0.309 e. The van der Waals surface area contributed by atoms with Crippen LogP contribution in [0.3, 0.4) is 0 Å². The zero-order valence-electron chi connectivity index (χ0n) is 11.8. The number of hydrogen-bond acceptors (Lipinski definition) is 5. The molecule has 0 radical (unpaired) electrons. The molecule has 0 aliphatic carbocycles. The fraction of sp³-hybridized carbons (Fsp3) is 0.333. The van der Waals surface area contributed by atoms with E-state index in [1.54, 1.807) is 12.4 Å². The van der Waals surface area contributed by atoms with Gasteiger partial charge in [0, 0.05) is 29.7 Å². The van der Waals surface area contributed by atoms with Gasteiger partial charge in [-0.15, -0.1) is 0 Å². The van der Waals surface area contributed by atoms with Gasteiger partial charge in [0.2, 0.25) is 0 Å². The Morgan fingerprint density at radius 3 is 2.86 bits per heavy atom. The van der Waals surface area contributed by atoms with Crippen LogP contribution >= 0.6 is 0 Å². The van der Waals surface area contributed by atoms with Gasteiger partial charge >= 0.3 is 0 Å². The molecule has 1 N–H and O–H groups in total. The third-order valence-electron chi connectivity index (χ3n) is 3.85. The molecule has 0 aromatic carbocycles. The summed E-state index contributed by atoms with van der Waals surface area (Å²) >= 11 is 0. The van der Waals surface area contributed by atoms with E-state index in [-0.39, 0.29) is 0 Å². The molecule has 1 aliphatic rings. The molecule has 4 rings (SSSR count). The van der Waals surface area contributed by atoms with Crippen molar-refractivity contribution in [3.05, 3.63) is 42.2 Å². The lowest BCUT2D eigenvalue weighted by molar-refractivity contribution is 0.621. The van der Waals surface area contributed by atoms with Crippen LogP contribution in [0.2, 0.25) is 0 Å². The predicted molar refractivity (Wildman–Crippen MR) is 78.7 cm³/mol. The van der Waals surface area contributed by atoms with Crippen molar-refractivity contribution in [1.29, 1.82) is 0 Å². The monoisotopic (exact) mass is 280 g/mol. The summed E-state index contributed by atoms with van der Waals surface area (Å²) in [6.45, 7) is 3.05. The summed E-state index contributed by atoms with van der Waals surface area (Å²) in [7, 11) is 0. The van der Waals surface area contributed by atoms with Crippen LogP contribution in [-0.2, 0) is 0 Å². The first kappa shape index (κ1) is 12.4. The van der Waals surface area contributed by atoms with E-state index in [9.17, 15) is 0 Å². The average molecular weight is 280 g/mol. The van der Waals surface area contributed by atoms with Crippen LogP contribution in [0.25, 0.3) is 16.9 Å². The Morgan fingerprint density at radius 2 is 2.10 bits per heavy atom. The SMILES string of the molecule is Cc1cc(-c2cncnc2)n2nc(C3CCCN3)cc2n1. The highest BCUT2D eigenvalue weighted by molar-refractivity contribution is 5.61. The number of hydrogen-bond donors (Lipinski definition) is 1. The quantitative estimate of drug-likeness (QED) is 0.776. The summed E-state index contributed by atoms with van der Waals surface area (Å²) in [5.74, 6) is 0. The Kier molecular flexibility index (Phi) is 2.89. The Hall–Kier alpha value is -2.34. The van der Waals surface area contributed by atoms with Crippen LogP contribution in [0.5, 0.6) is 0 Å². The normalized spacial score (nSPS) is 18.4. The van der Waals surface area contributed by atoms with E-state index in [2.05, 4.69) is 26.3 Å². The molecule has 1 aliphatic heterocycles. The van der Waals surface area contributed by atoms with Crippen LogP contribution in [0.15, 0.2) is 30.9 Å². The smallest absolute Gasteiger partial charge is 0.156 e. The highest BCUT2D eigenvalue weighted by Crippen LogP contribution is 2.25. The second kappa shape index (κ2) is 4.89. The average Bonchev–Trinajstić information content (AvgIpc) is 3.16. The highest BCUT2D eigenvalue weighted by Gasteiger charge is 2.20. The van der Waals surface area contributed by atoms with E-state index >= 15 is 0 Å². The maximum Gasteiger partial charge on any atom is 0.156 e. The number of nitrogens with one attached hydrogen (secondary N) is 1.